The molecule has 0 unspecified atom stereocenters. The number of aryl methyl sites for hydroxylation is 1. The number of nitrogens with zero attached hydrogens (tertiary/aromatic N) is 3. The van der Waals surface area contributed by atoms with Crippen molar-refractivity contribution in [1.82, 2.24) is 14.8 Å². The second-order valence-corrected chi connectivity index (χ2v) is 4.67. The first-order chi connectivity index (χ1) is 8.24. The van der Waals surface area contributed by atoms with Crippen molar-refractivity contribution in [2.24, 2.45) is 0 Å². The summed E-state index contributed by atoms with van der Waals surface area (Å²) in [5.74, 6) is 0.727. The smallest absolute Gasteiger partial charge is 0.213 e. The summed E-state index contributed by atoms with van der Waals surface area (Å²) in [4.78, 5) is 9.02. The topological polar surface area (TPSA) is 28.6 Å². The molecule has 1 fully saturated rings. The van der Waals surface area contributed by atoms with Crippen LogP contribution in [0.25, 0.3) is 0 Å². The molecule has 2 rings (SSSR count). The fourth-order valence-corrected chi connectivity index (χ4v) is 1.89. The minimum atomic E-state index is 0.722. The van der Waals surface area contributed by atoms with Crippen LogP contribution in [0.5, 0.6) is 5.88 Å². The van der Waals surface area contributed by atoms with Crippen LogP contribution in [0.2, 0.25) is 0 Å². The van der Waals surface area contributed by atoms with Crippen molar-refractivity contribution in [3.63, 3.8) is 0 Å². The Bertz CT molecular complexity index is 331. The second kappa shape index (κ2) is 5.98. The molecule has 1 aliphatic rings. The Hall–Kier alpha value is -1.13. The summed E-state index contributed by atoms with van der Waals surface area (Å²) in [5.41, 5.74) is 1.16. The molecule has 4 nitrogen and oxygen atoms in total. The lowest BCUT2D eigenvalue weighted by molar-refractivity contribution is 0.132. The molecule has 0 aromatic carbocycles. The summed E-state index contributed by atoms with van der Waals surface area (Å²) in [6.45, 7) is 8.33. The van der Waals surface area contributed by atoms with Crippen LogP contribution in [0.4, 0.5) is 0 Å². The number of pyridine rings is 1. The van der Waals surface area contributed by atoms with Crippen molar-refractivity contribution in [1.29, 1.82) is 0 Å². The molecule has 0 saturated carbocycles. The zero-order valence-corrected chi connectivity index (χ0v) is 10.7. The van der Waals surface area contributed by atoms with Crippen LogP contribution < -0.4 is 4.74 Å². The zero-order chi connectivity index (χ0) is 12.1. The average molecular weight is 235 g/mol. The summed E-state index contributed by atoms with van der Waals surface area (Å²) in [6, 6.07) is 3.96. The third-order valence-corrected chi connectivity index (χ3v) is 3.14. The molecule has 0 spiro atoms. The molecule has 0 atom stereocenters. The van der Waals surface area contributed by atoms with E-state index in [1.54, 1.807) is 0 Å². The molecule has 0 aliphatic carbocycles. The van der Waals surface area contributed by atoms with Gasteiger partial charge in [-0.15, -0.1) is 0 Å². The maximum atomic E-state index is 5.62. The Labute approximate surface area is 103 Å². The molecule has 1 aliphatic heterocycles. The van der Waals surface area contributed by atoms with Gasteiger partial charge in [-0.05, 0) is 19.5 Å². The molecule has 0 bridgehead atoms. The van der Waals surface area contributed by atoms with Crippen molar-refractivity contribution in [3.05, 3.63) is 23.9 Å². The van der Waals surface area contributed by atoms with Crippen LogP contribution in [0.1, 0.15) is 5.56 Å². The second-order valence-electron chi connectivity index (χ2n) is 4.67. The summed E-state index contributed by atoms with van der Waals surface area (Å²) in [6.07, 6.45) is 1.84. The number of hydrogen-bond acceptors (Lipinski definition) is 4. The molecular weight excluding hydrogens is 214 g/mol. The fraction of sp³-hybridized carbons (Fsp3) is 0.615. The lowest BCUT2D eigenvalue weighted by Crippen LogP contribution is -2.45. The van der Waals surface area contributed by atoms with Crippen LogP contribution in [0, 0.1) is 6.92 Å². The van der Waals surface area contributed by atoms with Crippen LogP contribution in [0.3, 0.4) is 0 Å². The predicted octanol–water partition coefficient (Wildman–Crippen LogP) is 1.02. The predicted molar refractivity (Wildman–Crippen MR) is 68.4 cm³/mol. The monoisotopic (exact) mass is 235 g/mol. The van der Waals surface area contributed by atoms with E-state index in [0.29, 0.717) is 0 Å². The van der Waals surface area contributed by atoms with E-state index in [4.69, 9.17) is 4.74 Å². The Kier molecular flexibility index (Phi) is 4.34. The SMILES string of the molecule is Cc1ccc(OCCN2CCN(C)CC2)nc1. The highest BCUT2D eigenvalue weighted by Gasteiger charge is 2.13. The Morgan fingerprint density at radius 3 is 2.65 bits per heavy atom. The van der Waals surface area contributed by atoms with E-state index < -0.39 is 0 Å². The van der Waals surface area contributed by atoms with E-state index >= 15 is 0 Å². The molecule has 94 valence electrons. The molecule has 0 N–H and O–H groups in total. The standard InChI is InChI=1S/C13H21N3O/c1-12-3-4-13(14-11-12)17-10-9-16-7-5-15(2)6-8-16/h3-4,11H,5-10H2,1-2H3. The fourth-order valence-electron chi connectivity index (χ4n) is 1.89. The molecule has 1 aromatic heterocycles. The highest BCUT2D eigenvalue weighted by Crippen LogP contribution is 2.06. The first-order valence-corrected chi connectivity index (χ1v) is 6.20. The van der Waals surface area contributed by atoms with E-state index in [2.05, 4.69) is 21.8 Å². The van der Waals surface area contributed by atoms with Gasteiger partial charge in [0, 0.05) is 45.0 Å². The van der Waals surface area contributed by atoms with Crippen LogP contribution in [0.15, 0.2) is 18.3 Å². The quantitative estimate of drug-likeness (QED) is 0.779. The van der Waals surface area contributed by atoms with Gasteiger partial charge in [-0.3, -0.25) is 4.90 Å². The lowest BCUT2D eigenvalue weighted by atomic mass is 10.3. The van der Waals surface area contributed by atoms with Gasteiger partial charge in [0.15, 0.2) is 0 Å². The van der Waals surface area contributed by atoms with E-state index in [9.17, 15) is 0 Å². The summed E-state index contributed by atoms with van der Waals surface area (Å²) in [7, 11) is 2.17. The lowest BCUT2D eigenvalue weighted by Gasteiger charge is -2.32. The van der Waals surface area contributed by atoms with E-state index in [-0.39, 0.29) is 0 Å². The van der Waals surface area contributed by atoms with Crippen LogP contribution >= 0.6 is 0 Å². The van der Waals surface area contributed by atoms with Crippen molar-refractivity contribution in [2.75, 3.05) is 46.4 Å². The van der Waals surface area contributed by atoms with Gasteiger partial charge in [0.1, 0.15) is 6.61 Å². The molecule has 1 saturated heterocycles. The van der Waals surface area contributed by atoms with Gasteiger partial charge in [0.05, 0.1) is 0 Å². The number of aromatic nitrogens is 1. The third kappa shape index (κ3) is 3.98. The Morgan fingerprint density at radius 1 is 1.24 bits per heavy atom. The number of piperazine rings is 1. The molecule has 0 radical (unpaired) electrons. The molecule has 1 aromatic rings. The third-order valence-electron chi connectivity index (χ3n) is 3.14. The maximum Gasteiger partial charge on any atom is 0.213 e. The molecular formula is C13H21N3O. The van der Waals surface area contributed by atoms with Gasteiger partial charge >= 0.3 is 0 Å². The summed E-state index contributed by atoms with van der Waals surface area (Å²) >= 11 is 0. The number of ether oxygens (including phenoxy) is 1. The largest absolute Gasteiger partial charge is 0.476 e. The van der Waals surface area contributed by atoms with Crippen molar-refractivity contribution in [3.8, 4) is 5.88 Å². The van der Waals surface area contributed by atoms with Crippen molar-refractivity contribution < 1.29 is 4.74 Å². The zero-order valence-electron chi connectivity index (χ0n) is 10.7. The molecule has 17 heavy (non-hydrogen) atoms. The maximum absolute atomic E-state index is 5.62. The Balaban J connectivity index is 1.67. The van der Waals surface area contributed by atoms with Crippen LogP contribution in [-0.2, 0) is 0 Å². The first kappa shape index (κ1) is 12.3. The number of rotatable bonds is 4. The van der Waals surface area contributed by atoms with Gasteiger partial charge in [-0.25, -0.2) is 4.98 Å². The van der Waals surface area contributed by atoms with E-state index in [1.165, 1.54) is 0 Å². The highest BCUT2D eigenvalue weighted by molar-refractivity contribution is 5.16. The highest BCUT2D eigenvalue weighted by atomic mass is 16.5. The molecule has 2 heterocycles. The van der Waals surface area contributed by atoms with E-state index in [0.717, 1.165) is 50.8 Å². The van der Waals surface area contributed by atoms with Gasteiger partial charge in [0.2, 0.25) is 5.88 Å². The molecule has 4 heteroatoms. The van der Waals surface area contributed by atoms with Gasteiger partial charge in [-0.1, -0.05) is 6.07 Å². The minimum absolute atomic E-state index is 0.722. The first-order valence-electron chi connectivity index (χ1n) is 6.20. The number of likely N-dealkylation sites (N-methyl/N-ethyl adjacent to an activating group) is 1. The Morgan fingerprint density at radius 2 is 2.00 bits per heavy atom. The van der Waals surface area contributed by atoms with Gasteiger partial charge < -0.3 is 9.64 Å². The van der Waals surface area contributed by atoms with Crippen LogP contribution in [-0.4, -0.2) is 61.2 Å². The minimum Gasteiger partial charge on any atom is -0.476 e. The normalized spacial score (nSPS) is 18.2. The summed E-state index contributed by atoms with van der Waals surface area (Å²) in [5, 5.41) is 0. The van der Waals surface area contributed by atoms with E-state index in [1.807, 2.05) is 25.3 Å². The van der Waals surface area contributed by atoms with Crippen molar-refractivity contribution in [2.45, 2.75) is 6.92 Å². The summed E-state index contributed by atoms with van der Waals surface area (Å²) < 4.78 is 5.62. The van der Waals surface area contributed by atoms with Gasteiger partial charge in [0.25, 0.3) is 0 Å². The van der Waals surface area contributed by atoms with Crippen molar-refractivity contribution >= 4 is 0 Å². The average Bonchev–Trinajstić information content (AvgIpc) is 2.34. The number of hydrogen-bond donors (Lipinski definition) is 0. The molecule has 0 amide bonds. The van der Waals surface area contributed by atoms with Gasteiger partial charge in [-0.2, -0.15) is 0 Å².